The molecule has 0 spiro atoms. The van der Waals surface area contributed by atoms with E-state index in [1.54, 1.807) is 7.11 Å². The van der Waals surface area contributed by atoms with Gasteiger partial charge in [0.25, 0.3) is 0 Å². The number of halogens is 1. The highest BCUT2D eigenvalue weighted by atomic mass is 35.5. The summed E-state index contributed by atoms with van der Waals surface area (Å²) in [5.74, 6) is 2.32. The van der Waals surface area contributed by atoms with Crippen molar-refractivity contribution in [2.24, 2.45) is 0 Å². The first kappa shape index (κ1) is 26.7. The van der Waals surface area contributed by atoms with Crippen LogP contribution in [0.5, 0.6) is 23.0 Å². The first-order valence-corrected chi connectivity index (χ1v) is 14.3. The van der Waals surface area contributed by atoms with Gasteiger partial charge < -0.3 is 36.6 Å². The highest BCUT2D eigenvalue weighted by molar-refractivity contribution is 5.95. The van der Waals surface area contributed by atoms with Crippen LogP contribution in [0.2, 0.25) is 0 Å². The maximum absolute atomic E-state index is 11.2. The van der Waals surface area contributed by atoms with E-state index in [0.29, 0.717) is 5.75 Å². The molecule has 5 aromatic rings. The van der Waals surface area contributed by atoms with E-state index in [0.717, 1.165) is 84.8 Å². The van der Waals surface area contributed by atoms with Crippen LogP contribution < -0.4 is 36.1 Å². The van der Waals surface area contributed by atoms with Crippen LogP contribution in [0.4, 0.5) is 5.69 Å². The molecule has 0 radical (unpaired) electrons. The molecule has 3 aliphatic rings. The number of rotatable bonds is 4. The van der Waals surface area contributed by atoms with E-state index in [1.807, 2.05) is 6.07 Å². The Kier molecular flexibility index (Phi) is 6.72. The number of fused-ring (bicyclic) bond motifs is 6. The van der Waals surface area contributed by atoms with Gasteiger partial charge in [-0.1, -0.05) is 36.4 Å². The number of piperazine rings is 1. The molecular formula is C34H32ClN3O4. The van der Waals surface area contributed by atoms with Crippen molar-refractivity contribution in [3.63, 3.8) is 0 Å². The van der Waals surface area contributed by atoms with Crippen LogP contribution in [0, 0.1) is 0 Å². The normalized spacial score (nSPS) is 15.8. The Morgan fingerprint density at radius 1 is 0.881 bits per heavy atom. The monoisotopic (exact) mass is 581 g/mol. The minimum Gasteiger partial charge on any atom is -1.00 e. The lowest BCUT2D eigenvalue weighted by atomic mass is 9.94. The summed E-state index contributed by atoms with van der Waals surface area (Å²) in [6.07, 6.45) is 2.98. The number of phenols is 1. The number of nitrogens with zero attached hydrogens (tertiary/aromatic N) is 3. The van der Waals surface area contributed by atoms with Gasteiger partial charge in [-0.3, -0.25) is 4.90 Å². The summed E-state index contributed by atoms with van der Waals surface area (Å²) in [5.41, 5.74) is 6.01. The summed E-state index contributed by atoms with van der Waals surface area (Å²) >= 11 is 0. The molecular weight excluding hydrogens is 550 g/mol. The fourth-order valence-corrected chi connectivity index (χ4v) is 6.73. The zero-order chi connectivity index (χ0) is 27.5. The lowest BCUT2D eigenvalue weighted by molar-refractivity contribution is -0.686. The molecule has 1 saturated heterocycles. The number of aromatic hydroxyl groups is 1. The second-order valence-corrected chi connectivity index (χ2v) is 11.1. The first-order chi connectivity index (χ1) is 20.2. The zero-order valence-corrected chi connectivity index (χ0v) is 24.2. The number of aryl methyl sites for hydroxylation is 2. The summed E-state index contributed by atoms with van der Waals surface area (Å²) in [6, 6.07) is 23.7. The smallest absolute Gasteiger partial charge is 0.231 e. The third kappa shape index (κ3) is 4.35. The van der Waals surface area contributed by atoms with Gasteiger partial charge in [0.05, 0.1) is 18.1 Å². The number of benzene rings is 4. The Balaban J connectivity index is 0.00000288. The summed E-state index contributed by atoms with van der Waals surface area (Å²) in [5, 5.41) is 15.6. The second kappa shape index (κ2) is 10.6. The molecule has 0 saturated carbocycles. The standard InChI is InChI=1S/C34H31N3O4.ClH/c1-39-33-16-24(19-35-11-13-36(14-12-35)29-8-4-6-22-5-2-3-7-25(22)29)26-17-30-27-18-32-31(40-21-41-32)15-23(27)9-10-37(30)20-28(26)34(33)38;/h2-8,15-18,20H,9-14,19,21H2,1H3;1H. The Hall–Kier alpha value is -4.20. The van der Waals surface area contributed by atoms with Crippen LogP contribution in [0.15, 0.2) is 72.9 Å². The van der Waals surface area contributed by atoms with Crippen LogP contribution in [0.3, 0.4) is 0 Å². The van der Waals surface area contributed by atoms with Crippen LogP contribution >= 0.6 is 0 Å². The average molecular weight is 582 g/mol. The van der Waals surface area contributed by atoms with E-state index >= 15 is 0 Å². The van der Waals surface area contributed by atoms with Gasteiger partial charge in [0.15, 0.2) is 35.7 Å². The highest BCUT2D eigenvalue weighted by Crippen LogP contribution is 2.42. The third-order valence-corrected chi connectivity index (χ3v) is 8.90. The maximum Gasteiger partial charge on any atom is 0.231 e. The van der Waals surface area contributed by atoms with Crippen molar-refractivity contribution in [3.8, 4) is 34.3 Å². The van der Waals surface area contributed by atoms with Gasteiger partial charge in [-0.05, 0) is 40.8 Å². The predicted molar refractivity (Wildman–Crippen MR) is 159 cm³/mol. The van der Waals surface area contributed by atoms with Crippen LogP contribution in [0.25, 0.3) is 32.8 Å². The van der Waals surface area contributed by atoms with Crippen LogP contribution in [0.1, 0.15) is 11.1 Å². The van der Waals surface area contributed by atoms with Crippen molar-refractivity contribution in [1.82, 2.24) is 4.90 Å². The maximum atomic E-state index is 11.2. The molecule has 0 aliphatic carbocycles. The van der Waals surface area contributed by atoms with Gasteiger partial charge in [-0.25, -0.2) is 0 Å². The summed E-state index contributed by atoms with van der Waals surface area (Å²) < 4.78 is 19.2. The van der Waals surface area contributed by atoms with E-state index in [2.05, 4.69) is 81.2 Å². The van der Waals surface area contributed by atoms with E-state index in [4.69, 9.17) is 14.2 Å². The number of hydrogen-bond acceptors (Lipinski definition) is 6. The molecule has 1 fully saturated rings. The number of ether oxygens (including phenoxy) is 3. The van der Waals surface area contributed by atoms with Gasteiger partial charge >= 0.3 is 0 Å². The van der Waals surface area contributed by atoms with E-state index in [-0.39, 0.29) is 24.9 Å². The molecule has 1 aromatic heterocycles. The number of anilines is 1. The Bertz CT molecular complexity index is 1830. The number of pyridine rings is 1. The van der Waals surface area contributed by atoms with E-state index in [9.17, 15) is 5.11 Å². The Morgan fingerprint density at radius 3 is 2.50 bits per heavy atom. The van der Waals surface area contributed by atoms with Crippen molar-refractivity contribution in [1.29, 1.82) is 0 Å². The van der Waals surface area contributed by atoms with Crippen molar-refractivity contribution in [3.05, 3.63) is 84.1 Å². The zero-order valence-electron chi connectivity index (χ0n) is 23.5. The van der Waals surface area contributed by atoms with Crippen molar-refractivity contribution >= 4 is 27.2 Å². The quantitative estimate of drug-likeness (QED) is 0.329. The van der Waals surface area contributed by atoms with Gasteiger partial charge in [-0.15, -0.1) is 0 Å². The van der Waals surface area contributed by atoms with Gasteiger partial charge in [0.1, 0.15) is 0 Å². The highest BCUT2D eigenvalue weighted by Gasteiger charge is 2.30. The fourth-order valence-electron chi connectivity index (χ4n) is 6.73. The molecule has 4 aromatic carbocycles. The number of methoxy groups -OCH3 is 1. The number of phenolic OH excluding ortho intramolecular Hbond substituents is 1. The van der Waals surface area contributed by atoms with Crippen LogP contribution in [-0.2, 0) is 19.5 Å². The molecule has 7 nitrogen and oxygen atoms in total. The molecule has 1 N–H and O–H groups in total. The molecule has 0 unspecified atom stereocenters. The van der Waals surface area contributed by atoms with E-state index in [1.165, 1.54) is 22.0 Å². The first-order valence-electron chi connectivity index (χ1n) is 14.3. The molecule has 4 heterocycles. The number of aromatic nitrogens is 1. The second-order valence-electron chi connectivity index (χ2n) is 11.1. The molecule has 214 valence electrons. The summed E-state index contributed by atoms with van der Waals surface area (Å²) in [4.78, 5) is 5.01. The molecule has 0 amide bonds. The third-order valence-electron chi connectivity index (χ3n) is 8.90. The molecule has 0 atom stereocenters. The average Bonchev–Trinajstić information content (AvgIpc) is 3.48. The minimum atomic E-state index is 0. The summed E-state index contributed by atoms with van der Waals surface area (Å²) in [7, 11) is 1.62. The molecule has 42 heavy (non-hydrogen) atoms. The minimum absolute atomic E-state index is 0. The topological polar surface area (TPSA) is 58.3 Å². The predicted octanol–water partition coefficient (Wildman–Crippen LogP) is 2.27. The van der Waals surface area contributed by atoms with Crippen molar-refractivity contribution in [2.45, 2.75) is 19.5 Å². The molecule has 3 aliphatic heterocycles. The van der Waals surface area contributed by atoms with Crippen LogP contribution in [-0.4, -0.2) is 50.1 Å². The molecule has 0 bridgehead atoms. The SMILES string of the molecule is COc1cc(CN2CCN(c3cccc4ccccc34)CC2)c2cc3[n+](cc2c1O)CCc1cc2c(cc1-3)OCO2.[Cl-]. The fraction of sp³-hybridized carbons (Fsp3) is 0.265. The Morgan fingerprint density at radius 2 is 1.67 bits per heavy atom. The Labute approximate surface area is 250 Å². The van der Waals surface area contributed by atoms with Gasteiger partial charge in [-0.2, -0.15) is 4.57 Å². The van der Waals surface area contributed by atoms with Crippen molar-refractivity contribution < 1.29 is 36.3 Å². The van der Waals surface area contributed by atoms with E-state index < -0.39 is 0 Å². The number of hydrogen-bond donors (Lipinski definition) is 1. The molecule has 8 rings (SSSR count). The van der Waals surface area contributed by atoms with Gasteiger partial charge in [0.2, 0.25) is 12.5 Å². The lowest BCUT2D eigenvalue weighted by Gasteiger charge is -2.37. The lowest BCUT2D eigenvalue weighted by Crippen LogP contribution is -3.00. The van der Waals surface area contributed by atoms with Crippen molar-refractivity contribution in [2.75, 3.05) is 45.0 Å². The largest absolute Gasteiger partial charge is 1.00 e. The molecule has 8 heteroatoms. The summed E-state index contributed by atoms with van der Waals surface area (Å²) in [6.45, 7) is 5.73. The van der Waals surface area contributed by atoms with Gasteiger partial charge in [0, 0.05) is 61.7 Å².